The molecule has 0 radical (unpaired) electrons. The predicted molar refractivity (Wildman–Crippen MR) is 80.5 cm³/mol. The van der Waals surface area contributed by atoms with Gasteiger partial charge in [-0.05, 0) is 64.6 Å². The molecule has 2 aliphatic rings. The first-order valence-electron chi connectivity index (χ1n) is 8.28. The van der Waals surface area contributed by atoms with Crippen LogP contribution in [0.25, 0.3) is 0 Å². The summed E-state index contributed by atoms with van der Waals surface area (Å²) in [5.74, 6) is 0.921. The molecule has 0 aliphatic carbocycles. The van der Waals surface area contributed by atoms with Crippen molar-refractivity contribution in [2.75, 3.05) is 33.4 Å². The average molecular weight is 268 g/mol. The summed E-state index contributed by atoms with van der Waals surface area (Å²) in [7, 11) is 1.82. The van der Waals surface area contributed by atoms with E-state index in [4.69, 9.17) is 4.74 Å². The van der Waals surface area contributed by atoms with Crippen molar-refractivity contribution in [2.24, 2.45) is 5.92 Å². The molecule has 2 rings (SSSR count). The Bertz CT molecular complexity index is 241. The average Bonchev–Trinajstić information content (AvgIpc) is 2.71. The lowest BCUT2D eigenvalue weighted by atomic mass is 9.86. The van der Waals surface area contributed by atoms with Crippen LogP contribution in [0.4, 0.5) is 0 Å². The summed E-state index contributed by atoms with van der Waals surface area (Å²) in [5.41, 5.74) is 0. The van der Waals surface area contributed by atoms with Crippen LogP contribution in [0.2, 0.25) is 0 Å². The third kappa shape index (κ3) is 4.44. The molecule has 2 atom stereocenters. The molecule has 0 bridgehead atoms. The van der Waals surface area contributed by atoms with E-state index in [1.807, 2.05) is 7.11 Å². The molecule has 0 amide bonds. The van der Waals surface area contributed by atoms with Crippen molar-refractivity contribution in [1.29, 1.82) is 0 Å². The van der Waals surface area contributed by atoms with Gasteiger partial charge in [0.25, 0.3) is 0 Å². The van der Waals surface area contributed by atoms with E-state index in [2.05, 4.69) is 17.1 Å². The Morgan fingerprint density at radius 3 is 2.68 bits per heavy atom. The van der Waals surface area contributed by atoms with E-state index in [0.29, 0.717) is 6.04 Å². The number of nitrogens with zero attached hydrogens (tertiary/aromatic N) is 1. The molecule has 2 heterocycles. The van der Waals surface area contributed by atoms with Crippen molar-refractivity contribution in [2.45, 2.75) is 64.0 Å². The van der Waals surface area contributed by atoms with Crippen LogP contribution in [0.1, 0.15) is 51.9 Å². The van der Waals surface area contributed by atoms with Crippen LogP contribution in [0.3, 0.4) is 0 Å². The summed E-state index contributed by atoms with van der Waals surface area (Å²) in [6.07, 6.45) is 9.59. The van der Waals surface area contributed by atoms with E-state index in [1.165, 1.54) is 64.6 Å². The Labute approximate surface area is 119 Å². The van der Waals surface area contributed by atoms with Gasteiger partial charge in [-0.25, -0.2) is 0 Å². The van der Waals surface area contributed by atoms with Crippen molar-refractivity contribution >= 4 is 0 Å². The molecule has 2 saturated heterocycles. The van der Waals surface area contributed by atoms with Gasteiger partial charge in [0.05, 0.1) is 0 Å². The Hall–Kier alpha value is -0.120. The Morgan fingerprint density at radius 1 is 1.16 bits per heavy atom. The SMILES string of the molecule is COCCC(C)N1CCCCCC1C1CCNCC1. The largest absolute Gasteiger partial charge is 0.385 e. The molecule has 19 heavy (non-hydrogen) atoms. The smallest absolute Gasteiger partial charge is 0.0477 e. The molecular weight excluding hydrogens is 236 g/mol. The summed E-state index contributed by atoms with van der Waals surface area (Å²) < 4.78 is 5.28. The molecule has 0 aromatic carbocycles. The zero-order valence-electron chi connectivity index (χ0n) is 12.9. The minimum atomic E-state index is 0.679. The van der Waals surface area contributed by atoms with Crippen LogP contribution in [0, 0.1) is 5.92 Å². The van der Waals surface area contributed by atoms with E-state index in [1.54, 1.807) is 0 Å². The van der Waals surface area contributed by atoms with Crippen LogP contribution >= 0.6 is 0 Å². The maximum atomic E-state index is 5.28. The summed E-state index contributed by atoms with van der Waals surface area (Å²) in [5, 5.41) is 3.51. The van der Waals surface area contributed by atoms with Crippen molar-refractivity contribution < 1.29 is 4.74 Å². The fourth-order valence-corrected chi connectivity index (χ4v) is 3.89. The highest BCUT2D eigenvalue weighted by molar-refractivity contribution is 4.87. The van der Waals surface area contributed by atoms with Crippen LogP contribution in [0.15, 0.2) is 0 Å². The molecule has 0 aromatic heterocycles. The molecule has 0 saturated carbocycles. The van der Waals surface area contributed by atoms with Gasteiger partial charge in [-0.2, -0.15) is 0 Å². The molecule has 2 fully saturated rings. The summed E-state index contributed by atoms with van der Waals surface area (Å²) in [6, 6.07) is 1.51. The molecule has 1 N–H and O–H groups in total. The van der Waals surface area contributed by atoms with E-state index in [-0.39, 0.29) is 0 Å². The molecule has 2 unspecified atom stereocenters. The van der Waals surface area contributed by atoms with Gasteiger partial charge < -0.3 is 10.1 Å². The van der Waals surface area contributed by atoms with E-state index < -0.39 is 0 Å². The van der Waals surface area contributed by atoms with E-state index >= 15 is 0 Å². The van der Waals surface area contributed by atoms with Gasteiger partial charge in [0.1, 0.15) is 0 Å². The number of piperidine rings is 1. The number of ether oxygens (including phenoxy) is 1. The summed E-state index contributed by atoms with van der Waals surface area (Å²) >= 11 is 0. The summed E-state index contributed by atoms with van der Waals surface area (Å²) in [4.78, 5) is 2.82. The van der Waals surface area contributed by atoms with Gasteiger partial charge >= 0.3 is 0 Å². The van der Waals surface area contributed by atoms with Crippen molar-refractivity contribution in [3.63, 3.8) is 0 Å². The second-order valence-corrected chi connectivity index (χ2v) is 6.37. The topological polar surface area (TPSA) is 24.5 Å². The van der Waals surface area contributed by atoms with E-state index in [0.717, 1.165) is 18.6 Å². The molecule has 112 valence electrons. The maximum absolute atomic E-state index is 5.28. The quantitative estimate of drug-likeness (QED) is 0.829. The fraction of sp³-hybridized carbons (Fsp3) is 1.00. The highest BCUT2D eigenvalue weighted by Crippen LogP contribution is 2.30. The molecule has 3 heteroatoms. The fourth-order valence-electron chi connectivity index (χ4n) is 3.89. The van der Waals surface area contributed by atoms with Crippen LogP contribution in [-0.2, 0) is 4.74 Å². The number of rotatable bonds is 5. The number of hydrogen-bond donors (Lipinski definition) is 1. The first-order chi connectivity index (χ1) is 9.33. The number of methoxy groups -OCH3 is 1. The minimum Gasteiger partial charge on any atom is -0.385 e. The number of likely N-dealkylation sites (tertiary alicyclic amines) is 1. The van der Waals surface area contributed by atoms with Crippen molar-refractivity contribution in [3.8, 4) is 0 Å². The first-order valence-corrected chi connectivity index (χ1v) is 8.28. The molecule has 0 spiro atoms. The van der Waals surface area contributed by atoms with E-state index in [9.17, 15) is 0 Å². The standard InChI is InChI=1S/C16H32N2O/c1-14(9-13-19-2)18-12-5-3-4-6-16(18)15-7-10-17-11-8-15/h14-17H,3-13H2,1-2H3. The Balaban J connectivity index is 1.97. The maximum Gasteiger partial charge on any atom is 0.0477 e. The number of hydrogen-bond acceptors (Lipinski definition) is 3. The molecule has 0 aromatic rings. The zero-order chi connectivity index (χ0) is 13.5. The zero-order valence-corrected chi connectivity index (χ0v) is 12.9. The van der Waals surface area contributed by atoms with Gasteiger partial charge in [0.15, 0.2) is 0 Å². The lowest BCUT2D eigenvalue weighted by molar-refractivity contribution is 0.0667. The summed E-state index contributed by atoms with van der Waals surface area (Å²) in [6.45, 7) is 7.05. The highest BCUT2D eigenvalue weighted by atomic mass is 16.5. The Kier molecular flexibility index (Phi) is 6.62. The van der Waals surface area contributed by atoms with Gasteiger partial charge in [-0.3, -0.25) is 4.90 Å². The minimum absolute atomic E-state index is 0.679. The molecule has 2 aliphatic heterocycles. The van der Waals surface area contributed by atoms with Gasteiger partial charge in [0.2, 0.25) is 0 Å². The normalized spacial score (nSPS) is 29.1. The third-order valence-corrected chi connectivity index (χ3v) is 5.08. The van der Waals surface area contributed by atoms with Gasteiger partial charge in [-0.1, -0.05) is 12.8 Å². The Morgan fingerprint density at radius 2 is 1.95 bits per heavy atom. The lowest BCUT2D eigenvalue weighted by Crippen LogP contribution is -2.48. The molecule has 3 nitrogen and oxygen atoms in total. The van der Waals surface area contributed by atoms with Crippen LogP contribution in [0.5, 0.6) is 0 Å². The van der Waals surface area contributed by atoms with Gasteiger partial charge in [-0.15, -0.1) is 0 Å². The first kappa shape index (κ1) is 15.3. The number of nitrogens with one attached hydrogen (secondary N) is 1. The monoisotopic (exact) mass is 268 g/mol. The third-order valence-electron chi connectivity index (χ3n) is 5.08. The predicted octanol–water partition coefficient (Wildman–Crippen LogP) is 2.66. The second-order valence-electron chi connectivity index (χ2n) is 6.37. The van der Waals surface area contributed by atoms with Crippen LogP contribution < -0.4 is 5.32 Å². The van der Waals surface area contributed by atoms with Gasteiger partial charge in [0, 0.05) is 25.8 Å². The second kappa shape index (κ2) is 8.23. The van der Waals surface area contributed by atoms with Crippen molar-refractivity contribution in [3.05, 3.63) is 0 Å². The molecular formula is C16H32N2O. The van der Waals surface area contributed by atoms with Crippen LogP contribution in [-0.4, -0.2) is 50.3 Å². The lowest BCUT2D eigenvalue weighted by Gasteiger charge is -2.41. The highest BCUT2D eigenvalue weighted by Gasteiger charge is 2.31. The van der Waals surface area contributed by atoms with Crippen molar-refractivity contribution in [1.82, 2.24) is 10.2 Å².